The minimum atomic E-state index is -3.34. The summed E-state index contributed by atoms with van der Waals surface area (Å²) in [5.74, 6) is 0. The lowest BCUT2D eigenvalue weighted by Gasteiger charge is -2.33. The predicted octanol–water partition coefficient (Wildman–Crippen LogP) is 3.22. The van der Waals surface area contributed by atoms with Gasteiger partial charge in [0.2, 0.25) is 0 Å². The molecule has 0 atom stereocenters. The zero-order valence-corrected chi connectivity index (χ0v) is 15.3. The minimum absolute atomic E-state index is 0.443. The highest BCUT2D eigenvalue weighted by Crippen LogP contribution is 2.25. The molecule has 1 saturated heterocycles. The molecular weight excluding hydrogens is 352 g/mol. The van der Waals surface area contributed by atoms with Crippen molar-refractivity contribution in [2.24, 2.45) is 0 Å². The normalized spacial score (nSPS) is 17.5. The van der Waals surface area contributed by atoms with Gasteiger partial charge in [-0.3, -0.25) is 4.90 Å². The highest BCUT2D eigenvalue weighted by molar-refractivity contribution is 7.91. The van der Waals surface area contributed by atoms with E-state index in [1.165, 1.54) is 11.3 Å². The first-order valence-electron chi connectivity index (χ1n) is 7.48. The summed E-state index contributed by atoms with van der Waals surface area (Å²) in [6, 6.07) is 11.4. The van der Waals surface area contributed by atoms with Crippen LogP contribution in [-0.4, -0.2) is 43.8 Å². The molecule has 1 aromatic heterocycles. The summed E-state index contributed by atoms with van der Waals surface area (Å²) in [7, 11) is -3.34. The molecule has 0 spiro atoms. The van der Waals surface area contributed by atoms with Gasteiger partial charge in [0.15, 0.2) is 0 Å². The summed E-state index contributed by atoms with van der Waals surface area (Å²) < 4.78 is 27.3. The molecule has 0 amide bonds. The monoisotopic (exact) mass is 370 g/mol. The molecular formula is C16H19ClN2O2S2. The third-order valence-electron chi connectivity index (χ3n) is 3.94. The molecule has 0 radical (unpaired) electrons. The maximum absolute atomic E-state index is 12.6. The zero-order chi connectivity index (χ0) is 16.4. The van der Waals surface area contributed by atoms with E-state index in [0.717, 1.165) is 35.1 Å². The summed E-state index contributed by atoms with van der Waals surface area (Å²) >= 11 is 7.35. The van der Waals surface area contributed by atoms with Crippen LogP contribution in [0.5, 0.6) is 0 Å². The predicted molar refractivity (Wildman–Crippen MR) is 94.5 cm³/mol. The Morgan fingerprint density at radius 2 is 1.87 bits per heavy atom. The van der Waals surface area contributed by atoms with Crippen molar-refractivity contribution in [3.63, 3.8) is 0 Å². The average Bonchev–Trinajstić information content (AvgIpc) is 2.95. The Labute approximate surface area is 146 Å². The van der Waals surface area contributed by atoms with Gasteiger partial charge >= 0.3 is 0 Å². The van der Waals surface area contributed by atoms with Crippen LogP contribution < -0.4 is 0 Å². The van der Waals surface area contributed by atoms with Crippen LogP contribution in [0.1, 0.15) is 10.4 Å². The van der Waals surface area contributed by atoms with Gasteiger partial charge in [-0.2, -0.15) is 4.31 Å². The van der Waals surface area contributed by atoms with Crippen molar-refractivity contribution in [2.75, 3.05) is 26.2 Å². The highest BCUT2D eigenvalue weighted by atomic mass is 35.5. The number of hydrogen-bond donors (Lipinski definition) is 0. The topological polar surface area (TPSA) is 40.6 Å². The molecule has 0 bridgehead atoms. The summed E-state index contributed by atoms with van der Waals surface area (Å²) in [5.41, 5.74) is 1.16. The van der Waals surface area contributed by atoms with Gasteiger partial charge in [-0.1, -0.05) is 23.7 Å². The molecule has 0 N–H and O–H groups in total. The van der Waals surface area contributed by atoms with E-state index < -0.39 is 10.0 Å². The SMILES string of the molecule is Cc1ccc(S(=O)(=O)N2CCN(Cc3cccc(Cl)c3)CC2)s1. The van der Waals surface area contributed by atoms with Gasteiger partial charge in [-0.05, 0) is 36.8 Å². The summed E-state index contributed by atoms with van der Waals surface area (Å²) in [4.78, 5) is 3.28. The van der Waals surface area contributed by atoms with Gasteiger partial charge in [-0.15, -0.1) is 11.3 Å². The molecule has 7 heteroatoms. The third kappa shape index (κ3) is 3.95. The number of benzene rings is 1. The first-order chi connectivity index (χ1) is 10.9. The number of hydrogen-bond acceptors (Lipinski definition) is 4. The summed E-state index contributed by atoms with van der Waals surface area (Å²) in [6.07, 6.45) is 0. The zero-order valence-electron chi connectivity index (χ0n) is 12.9. The lowest BCUT2D eigenvalue weighted by Crippen LogP contribution is -2.48. The fourth-order valence-electron chi connectivity index (χ4n) is 2.70. The van der Waals surface area contributed by atoms with Crippen molar-refractivity contribution >= 4 is 33.0 Å². The van der Waals surface area contributed by atoms with Crippen LogP contribution in [0.25, 0.3) is 0 Å². The first-order valence-corrected chi connectivity index (χ1v) is 10.1. The second-order valence-electron chi connectivity index (χ2n) is 5.68. The van der Waals surface area contributed by atoms with E-state index in [0.29, 0.717) is 17.3 Å². The number of rotatable bonds is 4. The standard InChI is InChI=1S/C16H19ClN2O2S2/c1-13-5-6-16(22-13)23(20,21)19-9-7-18(8-10-19)12-14-3-2-4-15(17)11-14/h2-6,11H,7-10,12H2,1H3. The average molecular weight is 371 g/mol. The Hall–Kier alpha value is -0.920. The first kappa shape index (κ1) is 16.9. The van der Waals surface area contributed by atoms with E-state index in [1.54, 1.807) is 10.4 Å². The quantitative estimate of drug-likeness (QED) is 0.829. The molecule has 3 rings (SSSR count). The van der Waals surface area contributed by atoms with E-state index in [-0.39, 0.29) is 0 Å². The number of aryl methyl sites for hydroxylation is 1. The lowest BCUT2D eigenvalue weighted by molar-refractivity contribution is 0.182. The Kier molecular flexibility index (Phi) is 5.08. The molecule has 4 nitrogen and oxygen atoms in total. The van der Waals surface area contributed by atoms with Crippen LogP contribution in [0.3, 0.4) is 0 Å². The van der Waals surface area contributed by atoms with Crippen molar-refractivity contribution in [3.8, 4) is 0 Å². The van der Waals surface area contributed by atoms with E-state index in [4.69, 9.17) is 11.6 Å². The second kappa shape index (κ2) is 6.91. The van der Waals surface area contributed by atoms with Crippen molar-refractivity contribution in [1.29, 1.82) is 0 Å². The Bertz CT molecular complexity index is 781. The van der Waals surface area contributed by atoms with Gasteiger partial charge in [0, 0.05) is 42.6 Å². The van der Waals surface area contributed by atoms with Gasteiger partial charge < -0.3 is 0 Å². The molecule has 0 aliphatic carbocycles. The number of halogens is 1. The lowest BCUT2D eigenvalue weighted by atomic mass is 10.2. The molecule has 0 unspecified atom stereocenters. The van der Waals surface area contributed by atoms with Crippen molar-refractivity contribution in [3.05, 3.63) is 51.9 Å². The summed E-state index contributed by atoms with van der Waals surface area (Å²) in [6.45, 7) is 5.24. The van der Waals surface area contributed by atoms with Crippen LogP contribution in [0.4, 0.5) is 0 Å². The molecule has 0 saturated carbocycles. The van der Waals surface area contributed by atoms with Crippen LogP contribution in [-0.2, 0) is 16.6 Å². The Morgan fingerprint density at radius 3 is 2.48 bits per heavy atom. The fourth-order valence-corrected chi connectivity index (χ4v) is 5.77. The molecule has 1 aromatic carbocycles. The third-order valence-corrected chi connectivity index (χ3v) is 7.54. The Balaban J connectivity index is 1.62. The van der Waals surface area contributed by atoms with Crippen LogP contribution >= 0.6 is 22.9 Å². The van der Waals surface area contributed by atoms with Crippen molar-refractivity contribution in [2.45, 2.75) is 17.7 Å². The molecule has 23 heavy (non-hydrogen) atoms. The van der Waals surface area contributed by atoms with E-state index >= 15 is 0 Å². The van der Waals surface area contributed by atoms with Crippen molar-refractivity contribution in [1.82, 2.24) is 9.21 Å². The number of thiophene rings is 1. The van der Waals surface area contributed by atoms with Gasteiger partial charge in [-0.25, -0.2) is 8.42 Å². The molecule has 1 aliphatic rings. The number of nitrogens with zero attached hydrogens (tertiary/aromatic N) is 2. The maximum atomic E-state index is 12.6. The molecule has 1 fully saturated rings. The molecule has 2 aromatic rings. The Morgan fingerprint density at radius 1 is 1.13 bits per heavy atom. The highest BCUT2D eigenvalue weighted by Gasteiger charge is 2.29. The van der Waals surface area contributed by atoms with E-state index in [1.807, 2.05) is 37.3 Å². The fraction of sp³-hybridized carbons (Fsp3) is 0.375. The van der Waals surface area contributed by atoms with Gasteiger partial charge in [0.25, 0.3) is 10.0 Å². The smallest absolute Gasteiger partial charge is 0.252 e. The number of piperazine rings is 1. The van der Waals surface area contributed by atoms with E-state index in [9.17, 15) is 8.42 Å². The molecule has 1 aliphatic heterocycles. The maximum Gasteiger partial charge on any atom is 0.252 e. The second-order valence-corrected chi connectivity index (χ2v) is 9.56. The number of sulfonamides is 1. The largest absolute Gasteiger partial charge is 0.296 e. The molecule has 124 valence electrons. The van der Waals surface area contributed by atoms with Crippen molar-refractivity contribution < 1.29 is 8.42 Å². The van der Waals surface area contributed by atoms with Crippen LogP contribution in [0, 0.1) is 6.92 Å². The van der Waals surface area contributed by atoms with Gasteiger partial charge in [0.1, 0.15) is 4.21 Å². The molecule has 2 heterocycles. The van der Waals surface area contributed by atoms with Gasteiger partial charge in [0.05, 0.1) is 0 Å². The van der Waals surface area contributed by atoms with E-state index in [2.05, 4.69) is 4.90 Å². The van der Waals surface area contributed by atoms with Crippen LogP contribution in [0.2, 0.25) is 5.02 Å². The summed E-state index contributed by atoms with van der Waals surface area (Å²) in [5, 5.41) is 0.733. The van der Waals surface area contributed by atoms with Crippen LogP contribution in [0.15, 0.2) is 40.6 Å². The minimum Gasteiger partial charge on any atom is -0.296 e.